The summed E-state index contributed by atoms with van der Waals surface area (Å²) < 4.78 is 27.2. The number of nitrogens with two attached hydrogens (primary N) is 2. The number of hydrazone groups is 1. The number of aliphatic carboxylic acids is 1. The summed E-state index contributed by atoms with van der Waals surface area (Å²) in [5, 5.41) is 15.9. The first-order chi connectivity index (χ1) is 16.6. The number of hydrogen-bond donors (Lipinski definition) is 4. The van der Waals surface area contributed by atoms with Gasteiger partial charge in [-0.25, -0.2) is 0 Å². The largest absolute Gasteiger partial charge is 0.481 e. The second-order valence-electron chi connectivity index (χ2n) is 7.67. The van der Waals surface area contributed by atoms with Gasteiger partial charge in [-0.05, 0) is 48.9 Å². The maximum atomic E-state index is 13.3. The fraction of sp³-hybridized carbons (Fsp3) is 0.125. The average Bonchev–Trinajstić information content (AvgIpc) is 2.82. The van der Waals surface area contributed by atoms with Crippen LogP contribution in [0, 0.1) is 6.92 Å². The van der Waals surface area contributed by atoms with E-state index >= 15 is 0 Å². The Morgan fingerprint density at radius 1 is 1.00 bits per heavy atom. The molecule has 182 valence electrons. The summed E-state index contributed by atoms with van der Waals surface area (Å²) in [5.41, 5.74) is 12.7. The summed E-state index contributed by atoms with van der Waals surface area (Å²) >= 11 is 0. The molecule has 0 heterocycles. The number of sulfonamides is 1. The smallest absolute Gasteiger partial charge is 0.305 e. The third-order valence-electron chi connectivity index (χ3n) is 4.97. The maximum Gasteiger partial charge on any atom is 0.305 e. The Hall–Kier alpha value is -4.38. The molecule has 0 aliphatic heterocycles. The highest BCUT2D eigenvalue weighted by Crippen LogP contribution is 2.28. The van der Waals surface area contributed by atoms with Crippen molar-refractivity contribution in [2.24, 2.45) is 16.6 Å². The van der Waals surface area contributed by atoms with Gasteiger partial charge < -0.3 is 21.9 Å². The number of carbonyl (C=O) groups is 2. The van der Waals surface area contributed by atoms with Gasteiger partial charge in [0, 0.05) is 5.56 Å². The number of carboxylic acids is 1. The summed E-state index contributed by atoms with van der Waals surface area (Å²) in [6.45, 7) is 1.88. The van der Waals surface area contributed by atoms with Crippen molar-refractivity contribution in [1.82, 2.24) is 5.32 Å². The number of carboxylic acid groups (broad SMARTS) is 1. The second kappa shape index (κ2) is 10.7. The fourth-order valence-corrected chi connectivity index (χ4v) is 4.57. The van der Waals surface area contributed by atoms with Crippen LogP contribution in [-0.4, -0.2) is 31.4 Å². The van der Waals surface area contributed by atoms with E-state index in [0.29, 0.717) is 15.5 Å². The van der Waals surface area contributed by atoms with Crippen molar-refractivity contribution in [3.05, 3.63) is 95.6 Å². The van der Waals surface area contributed by atoms with Crippen molar-refractivity contribution in [2.75, 3.05) is 4.41 Å². The minimum Gasteiger partial charge on any atom is -0.481 e. The topological polar surface area (TPSA) is 168 Å². The molecule has 0 spiro atoms. The molecule has 0 radical (unpaired) electrons. The number of aryl methyl sites for hydroxylation is 1. The molecule has 0 bridgehead atoms. The van der Waals surface area contributed by atoms with Gasteiger partial charge in [0.2, 0.25) is 5.96 Å². The van der Waals surface area contributed by atoms with Crippen molar-refractivity contribution in [3.8, 4) is 0 Å². The predicted molar refractivity (Wildman–Crippen MR) is 132 cm³/mol. The third kappa shape index (κ3) is 6.36. The van der Waals surface area contributed by atoms with Crippen molar-refractivity contribution in [2.45, 2.75) is 24.3 Å². The Morgan fingerprint density at radius 3 is 2.26 bits per heavy atom. The molecule has 1 atom stereocenters. The van der Waals surface area contributed by atoms with E-state index in [4.69, 9.17) is 11.5 Å². The zero-order valence-electron chi connectivity index (χ0n) is 18.8. The lowest BCUT2D eigenvalue weighted by atomic mass is 10.0. The Bertz CT molecular complexity index is 1340. The first-order valence-corrected chi connectivity index (χ1v) is 11.9. The molecular weight excluding hydrogens is 470 g/mol. The Labute approximate surface area is 202 Å². The molecule has 0 saturated heterocycles. The van der Waals surface area contributed by atoms with Gasteiger partial charge in [0.15, 0.2) is 0 Å². The van der Waals surface area contributed by atoms with Gasteiger partial charge in [-0.2, -0.15) is 12.8 Å². The highest BCUT2D eigenvalue weighted by molar-refractivity contribution is 7.92. The second-order valence-corrected chi connectivity index (χ2v) is 9.44. The van der Waals surface area contributed by atoms with E-state index < -0.39 is 40.3 Å². The molecule has 10 nitrogen and oxygen atoms in total. The van der Waals surface area contributed by atoms with Crippen LogP contribution < -0.4 is 21.2 Å². The number of anilines is 1. The van der Waals surface area contributed by atoms with Crippen molar-refractivity contribution in [3.63, 3.8) is 0 Å². The number of guanidine groups is 1. The van der Waals surface area contributed by atoms with E-state index in [-0.39, 0.29) is 10.6 Å². The third-order valence-corrected chi connectivity index (χ3v) is 6.58. The first kappa shape index (κ1) is 25.2. The van der Waals surface area contributed by atoms with Crippen LogP contribution in [0.5, 0.6) is 0 Å². The Morgan fingerprint density at radius 2 is 1.66 bits per heavy atom. The summed E-state index contributed by atoms with van der Waals surface area (Å²) in [5.74, 6) is -2.12. The number of benzene rings is 3. The van der Waals surface area contributed by atoms with Gasteiger partial charge in [0.25, 0.3) is 15.9 Å². The first-order valence-electron chi connectivity index (χ1n) is 10.5. The van der Waals surface area contributed by atoms with Crippen molar-refractivity contribution >= 4 is 33.5 Å². The standard InChI is InChI=1S/C24H25N5O5S/c1-16-10-12-17(13-11-16)23(32)27-21(15-22(30)31)18-6-5-7-19(14-18)29(28-24(25)26)35(33,34)20-8-3-2-4-9-20/h2-14,21H,15H2,1H3,(H,27,32)(H,30,31)(H4,25,26,28). The van der Waals surface area contributed by atoms with Crippen LogP contribution in [0.4, 0.5) is 5.69 Å². The minimum absolute atomic E-state index is 0.0508. The molecule has 35 heavy (non-hydrogen) atoms. The molecule has 11 heteroatoms. The number of hydrogen-bond acceptors (Lipinski definition) is 5. The lowest BCUT2D eigenvalue weighted by Gasteiger charge is -2.22. The van der Waals surface area contributed by atoms with Crippen LogP contribution in [0.25, 0.3) is 0 Å². The summed E-state index contributed by atoms with van der Waals surface area (Å²) in [6.07, 6.45) is -0.436. The number of nitrogens with one attached hydrogen (secondary N) is 1. The molecular formula is C24H25N5O5S. The van der Waals surface area contributed by atoms with Gasteiger partial charge >= 0.3 is 5.97 Å². The SMILES string of the molecule is Cc1ccc(C(=O)NC(CC(=O)O)c2cccc(N(N=C(N)N)S(=O)(=O)c3ccccc3)c2)cc1. The molecule has 0 aliphatic rings. The minimum atomic E-state index is -4.20. The van der Waals surface area contributed by atoms with Crippen LogP contribution in [-0.2, 0) is 14.8 Å². The molecule has 0 aliphatic carbocycles. The van der Waals surface area contributed by atoms with Crippen LogP contribution >= 0.6 is 0 Å². The van der Waals surface area contributed by atoms with Crippen molar-refractivity contribution < 1.29 is 23.1 Å². The zero-order chi connectivity index (χ0) is 25.6. The number of amides is 1. The van der Waals surface area contributed by atoms with Gasteiger partial charge in [0.05, 0.1) is 23.0 Å². The normalized spacial score (nSPS) is 11.8. The Balaban J connectivity index is 2.01. The quantitative estimate of drug-likeness (QED) is 0.201. The number of rotatable bonds is 9. The van der Waals surface area contributed by atoms with Gasteiger partial charge in [0.1, 0.15) is 0 Å². The highest BCUT2D eigenvalue weighted by atomic mass is 32.2. The van der Waals surface area contributed by atoms with Crippen LogP contribution in [0.2, 0.25) is 0 Å². The Kier molecular flexibility index (Phi) is 7.72. The van der Waals surface area contributed by atoms with Crippen molar-refractivity contribution in [1.29, 1.82) is 0 Å². The van der Waals surface area contributed by atoms with Gasteiger partial charge in [-0.3, -0.25) is 9.59 Å². The molecule has 0 aromatic heterocycles. The lowest BCUT2D eigenvalue weighted by Crippen LogP contribution is -2.33. The highest BCUT2D eigenvalue weighted by Gasteiger charge is 2.27. The van der Waals surface area contributed by atoms with E-state index in [0.717, 1.165) is 5.56 Å². The predicted octanol–water partition coefficient (Wildman–Crippen LogP) is 2.32. The van der Waals surface area contributed by atoms with E-state index in [2.05, 4.69) is 10.4 Å². The number of nitrogens with zero attached hydrogens (tertiary/aromatic N) is 2. The van der Waals surface area contributed by atoms with E-state index in [1.807, 2.05) is 6.92 Å². The lowest BCUT2D eigenvalue weighted by molar-refractivity contribution is -0.137. The fourth-order valence-electron chi connectivity index (χ4n) is 3.28. The zero-order valence-corrected chi connectivity index (χ0v) is 19.6. The molecule has 3 aromatic rings. The molecule has 6 N–H and O–H groups in total. The summed E-state index contributed by atoms with van der Waals surface area (Å²) in [6, 6.07) is 19.4. The molecule has 1 amide bonds. The monoisotopic (exact) mass is 495 g/mol. The maximum absolute atomic E-state index is 13.3. The van der Waals surface area contributed by atoms with Crippen LogP contribution in [0.15, 0.2) is 88.9 Å². The molecule has 1 unspecified atom stereocenters. The molecule has 3 aromatic carbocycles. The van der Waals surface area contributed by atoms with E-state index in [1.54, 1.807) is 48.5 Å². The van der Waals surface area contributed by atoms with Crippen LogP contribution in [0.3, 0.4) is 0 Å². The molecule has 0 saturated carbocycles. The molecule has 3 rings (SSSR count). The van der Waals surface area contributed by atoms with Gasteiger partial charge in [-0.15, -0.1) is 5.10 Å². The van der Waals surface area contributed by atoms with Gasteiger partial charge in [-0.1, -0.05) is 48.0 Å². The van der Waals surface area contributed by atoms with E-state index in [1.165, 1.54) is 30.3 Å². The average molecular weight is 496 g/mol. The summed E-state index contributed by atoms with van der Waals surface area (Å²) in [7, 11) is -4.20. The summed E-state index contributed by atoms with van der Waals surface area (Å²) in [4.78, 5) is 24.3. The van der Waals surface area contributed by atoms with E-state index in [9.17, 15) is 23.1 Å². The molecule has 0 fully saturated rings. The number of carbonyl (C=O) groups excluding carboxylic acids is 1. The van der Waals surface area contributed by atoms with Crippen LogP contribution in [0.1, 0.15) is 33.9 Å².